The number of ether oxygens (including phenoxy) is 1. The average molecular weight is 331 g/mol. The Balaban J connectivity index is 2.29. The van der Waals surface area contributed by atoms with Crippen molar-refractivity contribution < 1.29 is 4.74 Å². The van der Waals surface area contributed by atoms with Crippen LogP contribution in [0.3, 0.4) is 0 Å². The quantitative estimate of drug-likeness (QED) is 0.471. The fourth-order valence-electron chi connectivity index (χ4n) is 1.23. The summed E-state index contributed by atoms with van der Waals surface area (Å²) in [6, 6.07) is 8.00. The lowest BCUT2D eigenvalue weighted by molar-refractivity contribution is 0.346. The minimum absolute atomic E-state index is 0.580. The Bertz CT molecular complexity index is 338. The third-order valence-electron chi connectivity index (χ3n) is 2.07. The molecule has 16 heavy (non-hydrogen) atoms. The summed E-state index contributed by atoms with van der Waals surface area (Å²) >= 11 is 2.27. The van der Waals surface area contributed by atoms with E-state index in [-0.39, 0.29) is 0 Å². The van der Waals surface area contributed by atoms with Crippen molar-refractivity contribution in [2.75, 3.05) is 19.7 Å². The second-order valence-electron chi connectivity index (χ2n) is 3.65. The van der Waals surface area contributed by atoms with Gasteiger partial charge < -0.3 is 10.1 Å². The first-order valence-electron chi connectivity index (χ1n) is 5.48. The molecule has 0 radical (unpaired) electrons. The SMILES string of the molecule is C=C(CNCCC)COc1ccccc1I. The Morgan fingerprint density at radius 1 is 1.44 bits per heavy atom. The van der Waals surface area contributed by atoms with E-state index in [1.54, 1.807) is 0 Å². The van der Waals surface area contributed by atoms with Crippen LogP contribution in [-0.2, 0) is 0 Å². The number of benzene rings is 1. The van der Waals surface area contributed by atoms with Crippen molar-refractivity contribution in [2.24, 2.45) is 0 Å². The molecule has 0 saturated heterocycles. The molecule has 1 aromatic rings. The number of para-hydroxylation sites is 1. The highest BCUT2D eigenvalue weighted by molar-refractivity contribution is 14.1. The van der Waals surface area contributed by atoms with Gasteiger partial charge in [-0.1, -0.05) is 25.6 Å². The molecule has 1 N–H and O–H groups in total. The molecule has 1 aromatic carbocycles. The van der Waals surface area contributed by atoms with Crippen LogP contribution in [0.25, 0.3) is 0 Å². The third-order valence-corrected chi connectivity index (χ3v) is 2.96. The van der Waals surface area contributed by atoms with E-state index in [2.05, 4.69) is 41.4 Å². The Morgan fingerprint density at radius 2 is 2.19 bits per heavy atom. The molecule has 0 heterocycles. The maximum Gasteiger partial charge on any atom is 0.133 e. The van der Waals surface area contributed by atoms with E-state index in [4.69, 9.17) is 4.74 Å². The Hall–Kier alpha value is -0.550. The van der Waals surface area contributed by atoms with Crippen molar-refractivity contribution in [3.63, 3.8) is 0 Å². The number of halogens is 1. The second-order valence-corrected chi connectivity index (χ2v) is 4.81. The molecule has 0 amide bonds. The zero-order valence-electron chi connectivity index (χ0n) is 9.63. The molecular weight excluding hydrogens is 313 g/mol. The minimum Gasteiger partial charge on any atom is -0.488 e. The lowest BCUT2D eigenvalue weighted by atomic mass is 10.3. The van der Waals surface area contributed by atoms with Gasteiger partial charge in [-0.15, -0.1) is 0 Å². The van der Waals surface area contributed by atoms with Crippen LogP contribution in [0.5, 0.6) is 5.75 Å². The van der Waals surface area contributed by atoms with Crippen LogP contribution >= 0.6 is 22.6 Å². The van der Waals surface area contributed by atoms with Crippen LogP contribution in [0.4, 0.5) is 0 Å². The number of rotatable bonds is 7. The maximum absolute atomic E-state index is 5.68. The Morgan fingerprint density at radius 3 is 2.88 bits per heavy atom. The molecule has 0 aliphatic rings. The number of nitrogens with one attached hydrogen (secondary N) is 1. The Labute approximate surface area is 111 Å². The fourth-order valence-corrected chi connectivity index (χ4v) is 1.78. The summed E-state index contributed by atoms with van der Waals surface area (Å²) in [7, 11) is 0. The van der Waals surface area contributed by atoms with E-state index in [9.17, 15) is 0 Å². The first-order chi connectivity index (χ1) is 7.74. The van der Waals surface area contributed by atoms with E-state index >= 15 is 0 Å². The molecule has 0 saturated carbocycles. The summed E-state index contributed by atoms with van der Waals surface area (Å²) in [5.74, 6) is 0.930. The molecule has 0 unspecified atom stereocenters. The molecule has 0 atom stereocenters. The number of hydrogen-bond donors (Lipinski definition) is 1. The lowest BCUT2D eigenvalue weighted by Crippen LogP contribution is -2.20. The monoisotopic (exact) mass is 331 g/mol. The molecule has 0 aromatic heterocycles. The standard InChI is InChI=1S/C13H18INO/c1-3-8-15-9-11(2)10-16-13-7-5-4-6-12(13)14/h4-7,15H,2-3,8-10H2,1H3. The molecule has 3 heteroatoms. The van der Waals surface area contributed by atoms with Crippen molar-refractivity contribution >= 4 is 22.6 Å². The average Bonchev–Trinajstić information content (AvgIpc) is 2.28. The van der Waals surface area contributed by atoms with Gasteiger partial charge in [-0.05, 0) is 53.3 Å². The second kappa shape index (κ2) is 7.68. The van der Waals surface area contributed by atoms with Gasteiger partial charge in [0.25, 0.3) is 0 Å². The van der Waals surface area contributed by atoms with Crippen LogP contribution < -0.4 is 10.1 Å². The van der Waals surface area contributed by atoms with Gasteiger partial charge in [0.1, 0.15) is 12.4 Å². The van der Waals surface area contributed by atoms with E-state index < -0.39 is 0 Å². The number of hydrogen-bond acceptors (Lipinski definition) is 2. The summed E-state index contributed by atoms with van der Waals surface area (Å²) in [5.41, 5.74) is 1.08. The summed E-state index contributed by atoms with van der Waals surface area (Å²) in [5, 5.41) is 3.30. The molecule has 1 rings (SSSR count). The Kier molecular flexibility index (Phi) is 6.49. The van der Waals surface area contributed by atoms with Crippen LogP contribution in [0.2, 0.25) is 0 Å². The van der Waals surface area contributed by atoms with Gasteiger partial charge in [-0.3, -0.25) is 0 Å². The molecule has 0 bridgehead atoms. The molecule has 2 nitrogen and oxygen atoms in total. The molecule has 0 aliphatic carbocycles. The smallest absolute Gasteiger partial charge is 0.133 e. The maximum atomic E-state index is 5.68. The van der Waals surface area contributed by atoms with Crippen molar-refractivity contribution in [1.29, 1.82) is 0 Å². The third kappa shape index (κ3) is 4.99. The van der Waals surface area contributed by atoms with Crippen LogP contribution in [0.1, 0.15) is 13.3 Å². The predicted molar refractivity (Wildman–Crippen MR) is 77.0 cm³/mol. The van der Waals surface area contributed by atoms with E-state index in [1.807, 2.05) is 24.3 Å². The van der Waals surface area contributed by atoms with E-state index in [1.165, 1.54) is 0 Å². The molecule has 88 valence electrons. The first-order valence-corrected chi connectivity index (χ1v) is 6.56. The van der Waals surface area contributed by atoms with E-state index in [0.717, 1.165) is 34.4 Å². The largest absolute Gasteiger partial charge is 0.488 e. The van der Waals surface area contributed by atoms with Gasteiger partial charge in [0.15, 0.2) is 0 Å². The van der Waals surface area contributed by atoms with Crippen LogP contribution in [0.15, 0.2) is 36.4 Å². The zero-order valence-corrected chi connectivity index (χ0v) is 11.8. The minimum atomic E-state index is 0.580. The van der Waals surface area contributed by atoms with Gasteiger partial charge in [-0.25, -0.2) is 0 Å². The van der Waals surface area contributed by atoms with Gasteiger partial charge in [0.05, 0.1) is 3.57 Å². The highest BCUT2D eigenvalue weighted by Crippen LogP contribution is 2.19. The zero-order chi connectivity index (χ0) is 11.8. The highest BCUT2D eigenvalue weighted by Gasteiger charge is 2.00. The van der Waals surface area contributed by atoms with Crippen LogP contribution in [0, 0.1) is 3.57 Å². The molecular formula is C13H18INO. The molecule has 0 spiro atoms. The van der Waals surface area contributed by atoms with Gasteiger partial charge >= 0.3 is 0 Å². The van der Waals surface area contributed by atoms with Gasteiger partial charge in [-0.2, -0.15) is 0 Å². The van der Waals surface area contributed by atoms with E-state index in [0.29, 0.717) is 6.61 Å². The first kappa shape index (κ1) is 13.5. The summed E-state index contributed by atoms with van der Waals surface area (Å²) in [4.78, 5) is 0. The summed E-state index contributed by atoms with van der Waals surface area (Å²) < 4.78 is 6.82. The predicted octanol–water partition coefficient (Wildman–Crippen LogP) is 3.23. The molecule has 0 fully saturated rings. The van der Waals surface area contributed by atoms with Crippen molar-refractivity contribution in [2.45, 2.75) is 13.3 Å². The van der Waals surface area contributed by atoms with Crippen molar-refractivity contribution in [1.82, 2.24) is 5.32 Å². The topological polar surface area (TPSA) is 21.3 Å². The van der Waals surface area contributed by atoms with Crippen LogP contribution in [-0.4, -0.2) is 19.7 Å². The van der Waals surface area contributed by atoms with Gasteiger partial charge in [0, 0.05) is 6.54 Å². The summed E-state index contributed by atoms with van der Waals surface area (Å²) in [6.07, 6.45) is 1.14. The molecule has 0 aliphatic heterocycles. The fraction of sp³-hybridized carbons (Fsp3) is 0.385. The highest BCUT2D eigenvalue weighted by atomic mass is 127. The van der Waals surface area contributed by atoms with Gasteiger partial charge in [0.2, 0.25) is 0 Å². The summed E-state index contributed by atoms with van der Waals surface area (Å²) in [6.45, 7) is 8.57. The normalized spacial score (nSPS) is 10.1. The lowest BCUT2D eigenvalue weighted by Gasteiger charge is -2.10. The van der Waals surface area contributed by atoms with Crippen molar-refractivity contribution in [3.8, 4) is 5.75 Å². The van der Waals surface area contributed by atoms with Crippen molar-refractivity contribution in [3.05, 3.63) is 40.0 Å².